The van der Waals surface area contributed by atoms with E-state index in [4.69, 9.17) is 0 Å². The lowest BCUT2D eigenvalue weighted by molar-refractivity contribution is -0.00637. The van der Waals surface area contributed by atoms with Crippen molar-refractivity contribution in [2.24, 2.45) is 5.92 Å². The van der Waals surface area contributed by atoms with Gasteiger partial charge in [-0.05, 0) is 45.4 Å². The molecule has 2 N–H and O–H groups in total. The van der Waals surface area contributed by atoms with E-state index in [1.807, 2.05) is 0 Å². The van der Waals surface area contributed by atoms with Crippen LogP contribution in [0.3, 0.4) is 0 Å². The molecule has 0 aromatic carbocycles. The van der Waals surface area contributed by atoms with Gasteiger partial charge < -0.3 is 10.4 Å². The van der Waals surface area contributed by atoms with Crippen molar-refractivity contribution in [2.75, 3.05) is 6.54 Å². The highest BCUT2D eigenvalue weighted by Crippen LogP contribution is 2.31. The number of nitrogens with one attached hydrogen (secondary N) is 1. The predicted molar refractivity (Wildman–Crippen MR) is 86.8 cm³/mol. The first-order valence-corrected chi connectivity index (χ1v) is 8.71. The highest BCUT2D eigenvalue weighted by atomic mass is 32.1. The predicted octanol–water partition coefficient (Wildman–Crippen LogP) is 3.04. The fraction of sp³-hybridized carbons (Fsp3) is 0.688. The van der Waals surface area contributed by atoms with Gasteiger partial charge in [-0.25, -0.2) is 4.98 Å². The monoisotopic (exact) mass is 307 g/mol. The summed E-state index contributed by atoms with van der Waals surface area (Å²) >= 11 is 1.68. The fourth-order valence-corrected chi connectivity index (χ4v) is 4.20. The molecule has 1 aliphatic rings. The van der Waals surface area contributed by atoms with Crippen LogP contribution in [0, 0.1) is 19.8 Å². The van der Waals surface area contributed by atoms with Gasteiger partial charge in [0.1, 0.15) is 0 Å². The molecular formula is C16H25N3OS. The van der Waals surface area contributed by atoms with Crippen LogP contribution >= 0.6 is 11.3 Å². The standard InChI is InChI=1S/C16H25N3OS/c1-11-4-6-16(20,7-5-11)10-17-8-14-13(3)18-15-19(14)12(2)9-21-15/h9,11,17,20H,4-8,10H2,1-3H3. The second kappa shape index (κ2) is 5.71. The molecule has 5 heteroatoms. The summed E-state index contributed by atoms with van der Waals surface area (Å²) in [6.45, 7) is 7.90. The smallest absolute Gasteiger partial charge is 0.194 e. The highest BCUT2D eigenvalue weighted by molar-refractivity contribution is 7.15. The van der Waals surface area contributed by atoms with Crippen LogP contribution < -0.4 is 5.32 Å². The second-order valence-electron chi connectivity index (χ2n) is 6.65. The summed E-state index contributed by atoms with van der Waals surface area (Å²) in [4.78, 5) is 5.67. The van der Waals surface area contributed by atoms with E-state index in [0.717, 1.165) is 48.8 Å². The van der Waals surface area contributed by atoms with Gasteiger partial charge in [-0.2, -0.15) is 0 Å². The Kier molecular flexibility index (Phi) is 4.08. The molecule has 3 rings (SSSR count). The molecule has 1 fully saturated rings. The van der Waals surface area contributed by atoms with Gasteiger partial charge in [0, 0.05) is 24.2 Å². The molecule has 21 heavy (non-hydrogen) atoms. The Hall–Kier alpha value is -0.910. The van der Waals surface area contributed by atoms with Gasteiger partial charge in [-0.3, -0.25) is 4.40 Å². The van der Waals surface area contributed by atoms with Crippen molar-refractivity contribution in [3.8, 4) is 0 Å². The molecule has 2 aromatic rings. The quantitative estimate of drug-likeness (QED) is 0.913. The maximum absolute atomic E-state index is 10.6. The summed E-state index contributed by atoms with van der Waals surface area (Å²) in [5.74, 6) is 0.760. The Labute approximate surface area is 130 Å². The summed E-state index contributed by atoms with van der Waals surface area (Å²) in [5, 5.41) is 16.2. The Bertz CT molecular complexity index is 623. The molecule has 4 nitrogen and oxygen atoms in total. The fourth-order valence-electron chi connectivity index (χ4n) is 3.27. The summed E-state index contributed by atoms with van der Waals surface area (Å²) in [5.41, 5.74) is 3.02. The molecule has 0 unspecified atom stereocenters. The minimum absolute atomic E-state index is 0.520. The van der Waals surface area contributed by atoms with Crippen molar-refractivity contribution < 1.29 is 5.11 Å². The Morgan fingerprint density at radius 1 is 1.43 bits per heavy atom. The zero-order valence-corrected chi connectivity index (χ0v) is 14.0. The van der Waals surface area contributed by atoms with Crippen LogP contribution in [0.4, 0.5) is 0 Å². The van der Waals surface area contributed by atoms with Crippen LogP contribution in [0.1, 0.15) is 49.7 Å². The maximum Gasteiger partial charge on any atom is 0.194 e. The summed E-state index contributed by atoms with van der Waals surface area (Å²) in [7, 11) is 0. The van der Waals surface area contributed by atoms with E-state index in [9.17, 15) is 5.11 Å². The van der Waals surface area contributed by atoms with Crippen molar-refractivity contribution in [1.82, 2.24) is 14.7 Å². The van der Waals surface area contributed by atoms with E-state index in [1.54, 1.807) is 11.3 Å². The number of fused-ring (bicyclic) bond motifs is 1. The van der Waals surface area contributed by atoms with E-state index < -0.39 is 5.60 Å². The van der Waals surface area contributed by atoms with E-state index in [1.165, 1.54) is 11.4 Å². The summed E-state index contributed by atoms with van der Waals surface area (Å²) in [6, 6.07) is 0. The molecular weight excluding hydrogens is 282 g/mol. The van der Waals surface area contributed by atoms with Gasteiger partial charge in [-0.15, -0.1) is 11.3 Å². The molecule has 0 spiro atoms. The van der Waals surface area contributed by atoms with Crippen LogP contribution in [-0.2, 0) is 6.54 Å². The van der Waals surface area contributed by atoms with Crippen molar-refractivity contribution in [3.05, 3.63) is 22.5 Å². The topological polar surface area (TPSA) is 49.6 Å². The number of imidazole rings is 1. The normalized spacial score (nSPS) is 26.6. The van der Waals surface area contributed by atoms with Crippen LogP contribution in [0.15, 0.2) is 5.38 Å². The van der Waals surface area contributed by atoms with Gasteiger partial charge in [0.25, 0.3) is 0 Å². The summed E-state index contributed by atoms with van der Waals surface area (Å²) < 4.78 is 2.22. The maximum atomic E-state index is 10.6. The largest absolute Gasteiger partial charge is 0.389 e. The van der Waals surface area contributed by atoms with E-state index in [0.29, 0.717) is 6.54 Å². The SMILES string of the molecule is Cc1nc2scc(C)n2c1CNCC1(O)CCC(C)CC1. The number of aryl methyl sites for hydroxylation is 2. The highest BCUT2D eigenvalue weighted by Gasteiger charge is 2.31. The molecule has 1 aliphatic carbocycles. The second-order valence-corrected chi connectivity index (χ2v) is 7.49. The molecule has 2 aromatic heterocycles. The lowest BCUT2D eigenvalue weighted by Gasteiger charge is -2.35. The van der Waals surface area contributed by atoms with Gasteiger partial charge >= 0.3 is 0 Å². The third-order valence-electron chi connectivity index (χ3n) is 4.78. The van der Waals surface area contributed by atoms with Gasteiger partial charge in [0.05, 0.1) is 17.0 Å². The Morgan fingerprint density at radius 2 is 2.14 bits per heavy atom. The van der Waals surface area contributed by atoms with Crippen LogP contribution in [0.2, 0.25) is 0 Å². The molecule has 0 radical (unpaired) electrons. The molecule has 0 atom stereocenters. The van der Waals surface area contributed by atoms with E-state index >= 15 is 0 Å². The molecule has 1 saturated carbocycles. The number of aromatic nitrogens is 2. The third-order valence-corrected chi connectivity index (χ3v) is 5.72. The van der Waals surface area contributed by atoms with Gasteiger partial charge in [-0.1, -0.05) is 6.92 Å². The molecule has 0 bridgehead atoms. The minimum atomic E-state index is -0.520. The number of hydrogen-bond donors (Lipinski definition) is 2. The molecule has 2 heterocycles. The minimum Gasteiger partial charge on any atom is -0.389 e. The molecule has 0 amide bonds. The zero-order chi connectivity index (χ0) is 15.0. The lowest BCUT2D eigenvalue weighted by Crippen LogP contribution is -2.43. The number of aliphatic hydroxyl groups is 1. The average molecular weight is 307 g/mol. The average Bonchev–Trinajstić information content (AvgIpc) is 2.95. The molecule has 0 saturated heterocycles. The summed E-state index contributed by atoms with van der Waals surface area (Å²) in [6.07, 6.45) is 4.11. The van der Waals surface area contributed by atoms with Crippen molar-refractivity contribution in [2.45, 2.75) is 58.6 Å². The van der Waals surface area contributed by atoms with Crippen molar-refractivity contribution in [1.29, 1.82) is 0 Å². The number of hydrogen-bond acceptors (Lipinski definition) is 4. The van der Waals surface area contributed by atoms with Gasteiger partial charge in [0.15, 0.2) is 4.96 Å². The number of thiazole rings is 1. The first kappa shape index (κ1) is 15.0. The van der Waals surface area contributed by atoms with E-state index in [-0.39, 0.29) is 0 Å². The number of nitrogens with zero attached hydrogens (tertiary/aromatic N) is 2. The van der Waals surface area contributed by atoms with Crippen molar-refractivity contribution >= 4 is 16.3 Å². The lowest BCUT2D eigenvalue weighted by atomic mass is 9.79. The van der Waals surface area contributed by atoms with Crippen LogP contribution in [0.5, 0.6) is 0 Å². The Balaban J connectivity index is 1.64. The number of rotatable bonds is 4. The Morgan fingerprint density at radius 3 is 2.86 bits per heavy atom. The first-order valence-electron chi connectivity index (χ1n) is 7.84. The van der Waals surface area contributed by atoms with Gasteiger partial charge in [0.2, 0.25) is 0 Å². The van der Waals surface area contributed by atoms with Crippen molar-refractivity contribution in [3.63, 3.8) is 0 Å². The first-order chi connectivity index (χ1) is 9.98. The third kappa shape index (κ3) is 3.00. The molecule has 116 valence electrons. The van der Waals surface area contributed by atoms with E-state index in [2.05, 4.69) is 40.9 Å². The molecule has 0 aliphatic heterocycles. The zero-order valence-electron chi connectivity index (χ0n) is 13.1. The van der Waals surface area contributed by atoms with Crippen LogP contribution in [0.25, 0.3) is 4.96 Å². The van der Waals surface area contributed by atoms with Crippen LogP contribution in [-0.4, -0.2) is 26.6 Å².